The van der Waals surface area contributed by atoms with Crippen LogP contribution in [-0.2, 0) is 13.0 Å². The van der Waals surface area contributed by atoms with Crippen LogP contribution in [0.25, 0.3) is 0 Å². The zero-order chi connectivity index (χ0) is 20.4. The maximum absolute atomic E-state index is 11.6. The molecule has 2 aromatic carbocycles. The van der Waals surface area contributed by atoms with E-state index < -0.39 is 0 Å². The lowest BCUT2D eigenvalue weighted by Gasteiger charge is -2.12. The summed E-state index contributed by atoms with van der Waals surface area (Å²) in [5.41, 5.74) is 4.05. The first-order valence-corrected chi connectivity index (χ1v) is 9.54. The Morgan fingerprint density at radius 3 is 2.38 bits per heavy atom. The smallest absolute Gasteiger partial charge is 0.251 e. The lowest BCUT2D eigenvalue weighted by atomic mass is 10.1. The van der Waals surface area contributed by atoms with Gasteiger partial charge in [-0.3, -0.25) is 4.79 Å². The quantitative estimate of drug-likeness (QED) is 0.290. The van der Waals surface area contributed by atoms with E-state index in [0.29, 0.717) is 12.1 Å². The summed E-state index contributed by atoms with van der Waals surface area (Å²) in [6.45, 7) is 6.19. The van der Waals surface area contributed by atoms with Gasteiger partial charge in [-0.25, -0.2) is 4.99 Å². The zero-order valence-corrected chi connectivity index (χ0v) is 19.9. The largest absolute Gasteiger partial charge is 0.496 e. The second-order valence-corrected chi connectivity index (χ2v) is 6.45. The van der Waals surface area contributed by atoms with Crippen molar-refractivity contribution in [3.63, 3.8) is 0 Å². The number of carbonyl (C=O) groups excluding carboxylic acids is 1. The van der Waals surface area contributed by atoms with E-state index in [9.17, 15) is 4.79 Å². The molecule has 0 saturated carbocycles. The topological polar surface area (TPSA) is 74.8 Å². The third kappa shape index (κ3) is 7.92. The van der Waals surface area contributed by atoms with Gasteiger partial charge in [0.1, 0.15) is 5.75 Å². The third-order valence-corrected chi connectivity index (χ3v) is 4.39. The number of aryl methyl sites for hydroxylation is 1. The van der Waals surface area contributed by atoms with Crippen LogP contribution in [0.4, 0.5) is 0 Å². The van der Waals surface area contributed by atoms with Crippen LogP contribution in [0, 0.1) is 6.92 Å². The molecule has 2 aromatic rings. The van der Waals surface area contributed by atoms with E-state index in [4.69, 9.17) is 4.74 Å². The Morgan fingerprint density at radius 2 is 1.76 bits per heavy atom. The molecule has 0 fully saturated rings. The first-order valence-electron chi connectivity index (χ1n) is 9.54. The van der Waals surface area contributed by atoms with Gasteiger partial charge in [0.2, 0.25) is 0 Å². The highest BCUT2D eigenvalue weighted by Crippen LogP contribution is 2.19. The van der Waals surface area contributed by atoms with Crippen molar-refractivity contribution in [3.05, 3.63) is 64.7 Å². The number of nitrogens with one attached hydrogen (secondary N) is 3. The van der Waals surface area contributed by atoms with Crippen molar-refractivity contribution in [3.8, 4) is 5.75 Å². The number of guanidine groups is 1. The van der Waals surface area contributed by atoms with E-state index in [1.165, 1.54) is 5.56 Å². The third-order valence-electron chi connectivity index (χ3n) is 4.39. The first kappa shape index (κ1) is 24.7. The molecule has 1 amide bonds. The van der Waals surface area contributed by atoms with Gasteiger partial charge in [-0.2, -0.15) is 0 Å². The molecule has 0 aliphatic carbocycles. The monoisotopic (exact) mass is 510 g/mol. The van der Waals surface area contributed by atoms with Crippen LogP contribution in [0.15, 0.2) is 47.5 Å². The minimum absolute atomic E-state index is 0. The Bertz CT molecular complexity index is 807. The molecule has 2 rings (SSSR count). The highest BCUT2D eigenvalue weighted by molar-refractivity contribution is 14.0. The first-order chi connectivity index (χ1) is 13.6. The molecule has 0 aromatic heterocycles. The van der Waals surface area contributed by atoms with E-state index in [-0.39, 0.29) is 29.9 Å². The molecule has 0 unspecified atom stereocenters. The molecule has 0 aliphatic rings. The van der Waals surface area contributed by atoms with Gasteiger partial charge in [0.05, 0.1) is 13.7 Å². The van der Waals surface area contributed by atoms with Crippen LogP contribution < -0.4 is 20.7 Å². The number of hydrogen-bond acceptors (Lipinski definition) is 3. The average Bonchev–Trinajstić information content (AvgIpc) is 2.73. The highest BCUT2D eigenvalue weighted by atomic mass is 127. The molecule has 0 spiro atoms. The normalized spacial score (nSPS) is 10.7. The van der Waals surface area contributed by atoms with Gasteiger partial charge in [0, 0.05) is 25.7 Å². The van der Waals surface area contributed by atoms with Crippen LogP contribution >= 0.6 is 24.0 Å². The van der Waals surface area contributed by atoms with Gasteiger partial charge < -0.3 is 20.7 Å². The fraction of sp³-hybridized carbons (Fsp3) is 0.364. The van der Waals surface area contributed by atoms with E-state index in [0.717, 1.165) is 42.3 Å². The van der Waals surface area contributed by atoms with Crippen LogP contribution in [0.5, 0.6) is 5.75 Å². The number of aliphatic imine (C=N–C) groups is 1. The second-order valence-electron chi connectivity index (χ2n) is 6.45. The standard InChI is InChI=1S/C22H30N4O2.HI/c1-5-24-22(25-13-12-17-7-6-16(2)20(14-17)28-4)26-15-18-8-10-19(11-9-18)21(27)23-3;/h6-11,14H,5,12-13,15H2,1-4H3,(H,23,27)(H2,24,25,26);1H. The van der Waals surface area contributed by atoms with Crippen LogP contribution in [0.1, 0.15) is 34.0 Å². The summed E-state index contributed by atoms with van der Waals surface area (Å²) in [6, 6.07) is 13.8. The molecule has 6 nitrogen and oxygen atoms in total. The fourth-order valence-corrected chi connectivity index (χ4v) is 2.76. The molecule has 0 radical (unpaired) electrons. The number of rotatable bonds is 8. The lowest BCUT2D eigenvalue weighted by Crippen LogP contribution is -2.38. The predicted molar refractivity (Wildman–Crippen MR) is 130 cm³/mol. The summed E-state index contributed by atoms with van der Waals surface area (Å²) < 4.78 is 5.39. The number of benzene rings is 2. The number of halogens is 1. The number of carbonyl (C=O) groups is 1. The lowest BCUT2D eigenvalue weighted by molar-refractivity contribution is 0.0963. The van der Waals surface area contributed by atoms with Gasteiger partial charge in [0.15, 0.2) is 5.96 Å². The minimum Gasteiger partial charge on any atom is -0.496 e. The van der Waals surface area contributed by atoms with Crippen LogP contribution in [0.2, 0.25) is 0 Å². The molecule has 0 aliphatic heterocycles. The Kier molecular flexibility index (Phi) is 11.1. The number of nitrogens with zero attached hydrogens (tertiary/aromatic N) is 1. The SMILES string of the molecule is CCNC(=NCc1ccc(C(=O)NC)cc1)NCCc1ccc(C)c(OC)c1.I. The van der Waals surface area contributed by atoms with Crippen molar-refractivity contribution >= 4 is 35.8 Å². The summed E-state index contributed by atoms with van der Waals surface area (Å²) in [6.07, 6.45) is 0.877. The van der Waals surface area contributed by atoms with Gasteiger partial charge in [-0.15, -0.1) is 24.0 Å². The Hall–Kier alpha value is -2.29. The van der Waals surface area contributed by atoms with E-state index in [1.54, 1.807) is 14.2 Å². The maximum atomic E-state index is 11.6. The van der Waals surface area contributed by atoms with Crippen LogP contribution in [-0.4, -0.2) is 39.1 Å². The molecule has 7 heteroatoms. The molecule has 0 heterocycles. The Balaban J connectivity index is 0.00000420. The number of amides is 1. The summed E-state index contributed by atoms with van der Waals surface area (Å²) in [4.78, 5) is 16.2. The highest BCUT2D eigenvalue weighted by Gasteiger charge is 2.04. The molecule has 0 bridgehead atoms. The maximum Gasteiger partial charge on any atom is 0.251 e. The predicted octanol–water partition coefficient (Wildman–Crippen LogP) is 3.28. The van der Waals surface area contributed by atoms with E-state index in [1.807, 2.05) is 38.1 Å². The molecular formula is C22H31IN4O2. The molecule has 158 valence electrons. The van der Waals surface area contributed by atoms with Crippen molar-refractivity contribution in [2.75, 3.05) is 27.2 Å². The van der Waals surface area contributed by atoms with Gasteiger partial charge in [-0.05, 0) is 55.2 Å². The summed E-state index contributed by atoms with van der Waals surface area (Å²) in [5, 5.41) is 9.24. The summed E-state index contributed by atoms with van der Waals surface area (Å²) >= 11 is 0. The van der Waals surface area contributed by atoms with Crippen LogP contribution in [0.3, 0.4) is 0 Å². The Labute approximate surface area is 190 Å². The van der Waals surface area contributed by atoms with Crippen molar-refractivity contribution < 1.29 is 9.53 Å². The molecule has 29 heavy (non-hydrogen) atoms. The molecular weight excluding hydrogens is 479 g/mol. The van der Waals surface area contributed by atoms with E-state index in [2.05, 4.69) is 39.1 Å². The summed E-state index contributed by atoms with van der Waals surface area (Å²) in [5.74, 6) is 1.60. The van der Waals surface area contributed by atoms with Crippen molar-refractivity contribution in [1.29, 1.82) is 0 Å². The number of methoxy groups -OCH3 is 1. The number of hydrogen-bond donors (Lipinski definition) is 3. The minimum atomic E-state index is -0.0854. The van der Waals surface area contributed by atoms with Gasteiger partial charge in [0.25, 0.3) is 5.91 Å². The van der Waals surface area contributed by atoms with Crippen molar-refractivity contribution in [2.45, 2.75) is 26.8 Å². The average molecular weight is 510 g/mol. The Morgan fingerprint density at radius 1 is 1.07 bits per heavy atom. The molecule has 0 saturated heterocycles. The second kappa shape index (κ2) is 13.0. The van der Waals surface area contributed by atoms with E-state index >= 15 is 0 Å². The molecule has 0 atom stereocenters. The van der Waals surface area contributed by atoms with Crippen molar-refractivity contribution in [2.24, 2.45) is 4.99 Å². The van der Waals surface area contributed by atoms with Gasteiger partial charge in [-0.1, -0.05) is 24.3 Å². The fourth-order valence-electron chi connectivity index (χ4n) is 2.76. The molecule has 3 N–H and O–H groups in total. The summed E-state index contributed by atoms with van der Waals surface area (Å²) in [7, 11) is 3.32. The number of ether oxygens (including phenoxy) is 1. The van der Waals surface area contributed by atoms with Gasteiger partial charge >= 0.3 is 0 Å². The van der Waals surface area contributed by atoms with Crippen molar-refractivity contribution in [1.82, 2.24) is 16.0 Å². The zero-order valence-electron chi connectivity index (χ0n) is 17.5.